The van der Waals surface area contributed by atoms with Gasteiger partial charge in [-0.1, -0.05) is 6.07 Å². The van der Waals surface area contributed by atoms with Crippen LogP contribution in [0.1, 0.15) is 23.2 Å². The van der Waals surface area contributed by atoms with Gasteiger partial charge in [0.1, 0.15) is 0 Å². The molecule has 98 valence electrons. The fourth-order valence-electron chi connectivity index (χ4n) is 2.26. The number of ether oxygens (including phenoxy) is 1. The summed E-state index contributed by atoms with van der Waals surface area (Å²) < 4.78 is 5.33. The molecule has 0 unspecified atom stereocenters. The van der Waals surface area contributed by atoms with E-state index in [9.17, 15) is 4.79 Å². The van der Waals surface area contributed by atoms with Crippen LogP contribution in [-0.4, -0.2) is 37.6 Å². The molecule has 1 aromatic carbocycles. The van der Waals surface area contributed by atoms with Gasteiger partial charge in [0.15, 0.2) is 0 Å². The van der Waals surface area contributed by atoms with Crippen molar-refractivity contribution in [3.63, 3.8) is 0 Å². The van der Waals surface area contributed by atoms with Gasteiger partial charge in [0.25, 0.3) is 5.91 Å². The number of hydrogen-bond acceptors (Lipinski definition) is 3. The molecule has 1 saturated heterocycles. The van der Waals surface area contributed by atoms with E-state index in [4.69, 9.17) is 4.74 Å². The second kappa shape index (κ2) is 6.25. The molecule has 1 amide bonds. The van der Waals surface area contributed by atoms with Crippen molar-refractivity contribution in [3.8, 4) is 0 Å². The maximum Gasteiger partial charge on any atom is 0.253 e. The first-order chi connectivity index (χ1) is 8.66. The summed E-state index contributed by atoms with van der Waals surface area (Å²) in [7, 11) is 1.86. The van der Waals surface area contributed by atoms with Crippen molar-refractivity contribution in [2.45, 2.75) is 17.7 Å². The normalized spacial score (nSPS) is 16.6. The van der Waals surface area contributed by atoms with Crippen molar-refractivity contribution in [1.29, 1.82) is 0 Å². The Bertz CT molecular complexity index is 416. The first-order valence-electron chi connectivity index (χ1n) is 6.29. The van der Waals surface area contributed by atoms with Gasteiger partial charge in [0.2, 0.25) is 0 Å². The Morgan fingerprint density at radius 2 is 2.17 bits per heavy atom. The van der Waals surface area contributed by atoms with Crippen molar-refractivity contribution in [3.05, 3.63) is 29.8 Å². The minimum Gasteiger partial charge on any atom is -0.381 e. The highest BCUT2D eigenvalue weighted by Crippen LogP contribution is 2.17. The van der Waals surface area contributed by atoms with Gasteiger partial charge in [0, 0.05) is 37.3 Å². The molecule has 3 nitrogen and oxygen atoms in total. The Labute approximate surface area is 114 Å². The molecule has 0 bridgehead atoms. The van der Waals surface area contributed by atoms with Crippen LogP contribution >= 0.6 is 12.6 Å². The summed E-state index contributed by atoms with van der Waals surface area (Å²) in [6.07, 6.45) is 2.09. The number of thiol groups is 1. The van der Waals surface area contributed by atoms with E-state index in [0.29, 0.717) is 11.5 Å². The average molecular weight is 265 g/mol. The number of amides is 1. The molecule has 4 heteroatoms. The van der Waals surface area contributed by atoms with Gasteiger partial charge in [0.05, 0.1) is 0 Å². The first kappa shape index (κ1) is 13.4. The Morgan fingerprint density at radius 3 is 2.83 bits per heavy atom. The van der Waals surface area contributed by atoms with E-state index in [1.807, 2.05) is 31.3 Å². The Kier molecular flexibility index (Phi) is 4.66. The molecule has 1 heterocycles. The number of benzene rings is 1. The van der Waals surface area contributed by atoms with E-state index in [-0.39, 0.29) is 5.91 Å². The van der Waals surface area contributed by atoms with Crippen LogP contribution in [0.15, 0.2) is 29.2 Å². The summed E-state index contributed by atoms with van der Waals surface area (Å²) in [6.45, 7) is 2.44. The largest absolute Gasteiger partial charge is 0.381 e. The van der Waals surface area contributed by atoms with E-state index < -0.39 is 0 Å². The van der Waals surface area contributed by atoms with Crippen LogP contribution < -0.4 is 0 Å². The number of carbonyl (C=O) groups is 1. The molecule has 0 N–H and O–H groups in total. The van der Waals surface area contributed by atoms with Crippen LogP contribution in [0.2, 0.25) is 0 Å². The molecular formula is C14H19NO2S. The van der Waals surface area contributed by atoms with Gasteiger partial charge in [-0.25, -0.2) is 0 Å². The maximum atomic E-state index is 12.2. The smallest absolute Gasteiger partial charge is 0.253 e. The second-order valence-electron chi connectivity index (χ2n) is 4.79. The number of rotatable bonds is 3. The fourth-order valence-corrected chi connectivity index (χ4v) is 2.48. The molecule has 18 heavy (non-hydrogen) atoms. The third kappa shape index (κ3) is 3.50. The van der Waals surface area contributed by atoms with Crippen LogP contribution in [0.5, 0.6) is 0 Å². The predicted molar refractivity (Wildman–Crippen MR) is 74.2 cm³/mol. The van der Waals surface area contributed by atoms with Crippen LogP contribution in [0.3, 0.4) is 0 Å². The van der Waals surface area contributed by atoms with Gasteiger partial charge in [-0.15, -0.1) is 12.6 Å². The Morgan fingerprint density at radius 1 is 1.44 bits per heavy atom. The summed E-state index contributed by atoms with van der Waals surface area (Å²) in [5, 5.41) is 0. The van der Waals surface area contributed by atoms with Gasteiger partial charge >= 0.3 is 0 Å². The van der Waals surface area contributed by atoms with Gasteiger partial charge in [-0.05, 0) is 37.0 Å². The Balaban J connectivity index is 1.95. The van der Waals surface area contributed by atoms with E-state index >= 15 is 0 Å². The van der Waals surface area contributed by atoms with E-state index in [0.717, 1.165) is 37.5 Å². The van der Waals surface area contributed by atoms with Gasteiger partial charge < -0.3 is 9.64 Å². The second-order valence-corrected chi connectivity index (χ2v) is 5.31. The monoisotopic (exact) mass is 265 g/mol. The van der Waals surface area contributed by atoms with Gasteiger partial charge in [-0.2, -0.15) is 0 Å². The molecule has 0 atom stereocenters. The lowest BCUT2D eigenvalue weighted by Gasteiger charge is -2.27. The lowest BCUT2D eigenvalue weighted by molar-refractivity contribution is 0.0497. The zero-order valence-corrected chi connectivity index (χ0v) is 11.5. The molecule has 1 aliphatic rings. The zero-order valence-electron chi connectivity index (χ0n) is 10.6. The SMILES string of the molecule is CN(CC1CCOCC1)C(=O)c1cccc(S)c1. The highest BCUT2D eigenvalue weighted by atomic mass is 32.1. The van der Waals surface area contributed by atoms with E-state index in [1.165, 1.54) is 0 Å². The zero-order chi connectivity index (χ0) is 13.0. The summed E-state index contributed by atoms with van der Waals surface area (Å²) >= 11 is 4.26. The van der Waals surface area contributed by atoms with Gasteiger partial charge in [-0.3, -0.25) is 4.79 Å². The first-order valence-corrected chi connectivity index (χ1v) is 6.74. The summed E-state index contributed by atoms with van der Waals surface area (Å²) in [4.78, 5) is 14.9. The molecule has 1 aromatic rings. The van der Waals surface area contributed by atoms with Crippen molar-refractivity contribution in [2.75, 3.05) is 26.8 Å². The minimum absolute atomic E-state index is 0.0670. The third-order valence-corrected chi connectivity index (χ3v) is 3.59. The molecule has 1 aliphatic heterocycles. The standard InChI is InChI=1S/C14H19NO2S/c1-15(10-11-5-7-17-8-6-11)14(16)12-3-2-4-13(18)9-12/h2-4,9,11,18H,5-8,10H2,1H3. The molecule has 1 fully saturated rings. The quantitative estimate of drug-likeness (QED) is 0.851. The molecule has 0 aliphatic carbocycles. The van der Waals surface area contributed by atoms with Crippen molar-refractivity contribution in [1.82, 2.24) is 4.90 Å². The van der Waals surface area contributed by atoms with Crippen molar-refractivity contribution >= 4 is 18.5 Å². The number of nitrogens with zero attached hydrogens (tertiary/aromatic N) is 1. The molecule has 0 saturated carbocycles. The average Bonchev–Trinajstić information content (AvgIpc) is 2.39. The lowest BCUT2D eigenvalue weighted by atomic mass is 9.99. The third-order valence-electron chi connectivity index (χ3n) is 3.31. The predicted octanol–water partition coefficient (Wildman–Crippen LogP) is 2.47. The highest BCUT2D eigenvalue weighted by molar-refractivity contribution is 7.80. The molecule has 0 aromatic heterocycles. The summed E-state index contributed by atoms with van der Waals surface area (Å²) in [6, 6.07) is 7.38. The summed E-state index contributed by atoms with van der Waals surface area (Å²) in [5.41, 5.74) is 0.706. The van der Waals surface area contributed by atoms with Crippen LogP contribution in [0.4, 0.5) is 0 Å². The number of carbonyl (C=O) groups excluding carboxylic acids is 1. The fraction of sp³-hybridized carbons (Fsp3) is 0.500. The highest BCUT2D eigenvalue weighted by Gasteiger charge is 2.19. The van der Waals surface area contributed by atoms with Crippen LogP contribution in [0, 0.1) is 5.92 Å². The maximum absolute atomic E-state index is 12.2. The van der Waals surface area contributed by atoms with Crippen molar-refractivity contribution < 1.29 is 9.53 Å². The Hall–Kier alpha value is -1.00. The summed E-state index contributed by atoms with van der Waals surface area (Å²) in [5.74, 6) is 0.629. The van der Waals surface area contributed by atoms with E-state index in [2.05, 4.69) is 12.6 Å². The van der Waals surface area contributed by atoms with Crippen molar-refractivity contribution in [2.24, 2.45) is 5.92 Å². The molecule has 0 radical (unpaired) electrons. The minimum atomic E-state index is 0.0670. The molecule has 2 rings (SSSR count). The van der Waals surface area contributed by atoms with E-state index in [1.54, 1.807) is 4.90 Å². The lowest BCUT2D eigenvalue weighted by Crippen LogP contribution is -2.34. The topological polar surface area (TPSA) is 29.5 Å². The number of hydrogen-bond donors (Lipinski definition) is 1. The molecule has 0 spiro atoms. The molecular weight excluding hydrogens is 246 g/mol. The van der Waals surface area contributed by atoms with Crippen LogP contribution in [0.25, 0.3) is 0 Å². The van der Waals surface area contributed by atoms with Crippen LogP contribution in [-0.2, 0) is 4.74 Å².